The van der Waals surface area contributed by atoms with Crippen LogP contribution in [0.3, 0.4) is 0 Å². The molecule has 0 aliphatic carbocycles. The summed E-state index contributed by atoms with van der Waals surface area (Å²) in [5.74, 6) is -0.909. The largest absolute Gasteiger partial charge is 0.481 e. The number of halogens is 1. The van der Waals surface area contributed by atoms with E-state index >= 15 is 0 Å². The van der Waals surface area contributed by atoms with Crippen LogP contribution >= 0.6 is 22.6 Å². The van der Waals surface area contributed by atoms with Crippen molar-refractivity contribution in [2.24, 2.45) is 0 Å². The van der Waals surface area contributed by atoms with E-state index in [1.165, 1.54) is 4.90 Å². The molecule has 0 spiro atoms. The molecule has 1 rings (SSSR count). The highest BCUT2D eigenvalue weighted by atomic mass is 127. The highest BCUT2D eigenvalue weighted by Gasteiger charge is 2.21. The van der Waals surface area contributed by atoms with E-state index < -0.39 is 5.97 Å². The van der Waals surface area contributed by atoms with Crippen LogP contribution in [0.4, 0.5) is 10.5 Å². The Bertz CT molecular complexity index is 465. The van der Waals surface area contributed by atoms with Crippen molar-refractivity contribution in [2.75, 3.05) is 11.9 Å². The minimum Gasteiger partial charge on any atom is -0.481 e. The molecule has 0 saturated carbocycles. The summed E-state index contributed by atoms with van der Waals surface area (Å²) >= 11 is 2.14. The average Bonchev–Trinajstić information content (AvgIpc) is 2.32. The van der Waals surface area contributed by atoms with Crippen molar-refractivity contribution in [2.45, 2.75) is 26.3 Å². The van der Waals surface area contributed by atoms with Crippen molar-refractivity contribution in [1.82, 2.24) is 4.90 Å². The predicted molar refractivity (Wildman–Crippen MR) is 82.3 cm³/mol. The Hall–Kier alpha value is -1.31. The maximum absolute atomic E-state index is 12.1. The number of carboxylic acids is 1. The fourth-order valence-corrected chi connectivity index (χ4v) is 2.29. The molecule has 0 aromatic heterocycles. The molecule has 5 nitrogen and oxygen atoms in total. The predicted octanol–water partition coefficient (Wildman–Crippen LogP) is 3.01. The minimum absolute atomic E-state index is 0.0624. The van der Waals surface area contributed by atoms with Crippen molar-refractivity contribution < 1.29 is 14.7 Å². The first kappa shape index (κ1) is 15.7. The van der Waals surface area contributed by atoms with Crippen molar-refractivity contribution in [1.29, 1.82) is 0 Å². The second-order valence-corrected chi connectivity index (χ2v) is 5.31. The highest BCUT2D eigenvalue weighted by Crippen LogP contribution is 2.18. The van der Waals surface area contributed by atoms with E-state index in [0.29, 0.717) is 6.54 Å². The van der Waals surface area contributed by atoms with Gasteiger partial charge in [0.25, 0.3) is 0 Å². The second kappa shape index (κ2) is 7.32. The van der Waals surface area contributed by atoms with Crippen molar-refractivity contribution >= 4 is 40.3 Å². The molecule has 1 aromatic rings. The van der Waals surface area contributed by atoms with E-state index in [0.717, 1.165) is 9.26 Å². The van der Waals surface area contributed by atoms with E-state index in [1.54, 1.807) is 6.92 Å². The van der Waals surface area contributed by atoms with Crippen molar-refractivity contribution in [3.05, 3.63) is 27.8 Å². The number of carbonyl (C=O) groups excluding carboxylic acids is 1. The molecule has 0 radical (unpaired) electrons. The summed E-state index contributed by atoms with van der Waals surface area (Å²) in [5.41, 5.74) is 0.731. The summed E-state index contributed by atoms with van der Waals surface area (Å²) in [4.78, 5) is 24.4. The Balaban J connectivity index is 2.74. The van der Waals surface area contributed by atoms with Crippen LogP contribution in [0, 0.1) is 3.57 Å². The van der Waals surface area contributed by atoms with Gasteiger partial charge >= 0.3 is 12.0 Å². The van der Waals surface area contributed by atoms with Crippen LogP contribution in [0.5, 0.6) is 0 Å². The van der Waals surface area contributed by atoms with Gasteiger partial charge in [0.05, 0.1) is 12.1 Å². The van der Waals surface area contributed by atoms with Crippen molar-refractivity contribution in [3.63, 3.8) is 0 Å². The van der Waals surface area contributed by atoms with E-state index in [9.17, 15) is 9.59 Å². The molecule has 104 valence electrons. The number of nitrogens with one attached hydrogen (secondary N) is 1. The molecule has 1 aromatic carbocycles. The number of aliphatic carboxylic acids is 1. The number of hydrogen-bond donors (Lipinski definition) is 2. The molecule has 0 heterocycles. The standard InChI is InChI=1S/C13H17IN2O3/c1-3-16(9(2)8-12(17)18)13(19)15-11-7-5-4-6-10(11)14/h4-7,9H,3,8H2,1-2H3,(H,15,19)(H,17,18). The Morgan fingerprint density at radius 1 is 1.42 bits per heavy atom. The quantitative estimate of drug-likeness (QED) is 0.777. The van der Waals surface area contributed by atoms with Gasteiger partial charge in [-0.3, -0.25) is 4.79 Å². The number of nitrogens with zero attached hydrogens (tertiary/aromatic N) is 1. The van der Waals surface area contributed by atoms with Gasteiger partial charge in [-0.05, 0) is 48.6 Å². The molecular weight excluding hydrogens is 359 g/mol. The first-order valence-electron chi connectivity index (χ1n) is 5.99. The van der Waals surface area contributed by atoms with E-state index in [2.05, 4.69) is 27.9 Å². The van der Waals surface area contributed by atoms with Crippen LogP contribution in [-0.4, -0.2) is 34.6 Å². The van der Waals surface area contributed by atoms with Gasteiger partial charge in [0, 0.05) is 16.2 Å². The van der Waals surface area contributed by atoms with Crippen LogP contribution < -0.4 is 5.32 Å². The molecule has 19 heavy (non-hydrogen) atoms. The van der Waals surface area contributed by atoms with E-state index in [-0.39, 0.29) is 18.5 Å². The lowest BCUT2D eigenvalue weighted by molar-refractivity contribution is -0.137. The SMILES string of the molecule is CCN(C(=O)Nc1ccccc1I)C(C)CC(=O)O. The summed E-state index contributed by atoms with van der Waals surface area (Å²) in [7, 11) is 0. The molecule has 0 aliphatic heterocycles. The molecule has 0 fully saturated rings. The minimum atomic E-state index is -0.909. The van der Waals surface area contributed by atoms with E-state index in [1.807, 2.05) is 31.2 Å². The van der Waals surface area contributed by atoms with Gasteiger partial charge in [0.2, 0.25) is 0 Å². The number of carboxylic acid groups (broad SMARTS) is 1. The van der Waals surface area contributed by atoms with Crippen LogP contribution in [-0.2, 0) is 4.79 Å². The fraction of sp³-hybridized carbons (Fsp3) is 0.385. The second-order valence-electron chi connectivity index (χ2n) is 4.14. The zero-order valence-electron chi connectivity index (χ0n) is 10.9. The van der Waals surface area contributed by atoms with Gasteiger partial charge in [-0.2, -0.15) is 0 Å². The summed E-state index contributed by atoms with van der Waals surface area (Å²) in [6, 6.07) is 6.82. The molecule has 2 amide bonds. The maximum atomic E-state index is 12.1. The van der Waals surface area contributed by atoms with Gasteiger partial charge < -0.3 is 15.3 Å². The zero-order chi connectivity index (χ0) is 14.4. The van der Waals surface area contributed by atoms with E-state index in [4.69, 9.17) is 5.11 Å². The molecule has 6 heteroatoms. The van der Waals surface area contributed by atoms with Crippen LogP contribution in [0.25, 0.3) is 0 Å². The number of hydrogen-bond acceptors (Lipinski definition) is 2. The summed E-state index contributed by atoms with van der Waals surface area (Å²) in [5, 5.41) is 11.6. The number of benzene rings is 1. The third-order valence-electron chi connectivity index (χ3n) is 2.72. The van der Waals surface area contributed by atoms with Gasteiger partial charge in [0.1, 0.15) is 0 Å². The zero-order valence-corrected chi connectivity index (χ0v) is 13.0. The molecule has 1 atom stereocenters. The average molecular weight is 376 g/mol. The van der Waals surface area contributed by atoms with Crippen LogP contribution in [0.2, 0.25) is 0 Å². The molecule has 0 bridgehead atoms. The highest BCUT2D eigenvalue weighted by molar-refractivity contribution is 14.1. The van der Waals surface area contributed by atoms with Gasteiger partial charge in [-0.25, -0.2) is 4.79 Å². The Morgan fingerprint density at radius 2 is 2.05 bits per heavy atom. The lowest BCUT2D eigenvalue weighted by Crippen LogP contribution is -2.42. The molecule has 1 unspecified atom stereocenters. The number of para-hydroxylation sites is 1. The monoisotopic (exact) mass is 376 g/mol. The fourth-order valence-electron chi connectivity index (χ4n) is 1.77. The number of rotatable bonds is 5. The lowest BCUT2D eigenvalue weighted by atomic mass is 10.2. The smallest absolute Gasteiger partial charge is 0.322 e. The number of anilines is 1. The number of carbonyl (C=O) groups is 2. The van der Waals surface area contributed by atoms with Gasteiger partial charge in [-0.1, -0.05) is 12.1 Å². The van der Waals surface area contributed by atoms with Crippen LogP contribution in [0.1, 0.15) is 20.3 Å². The van der Waals surface area contributed by atoms with Gasteiger partial charge in [0.15, 0.2) is 0 Å². The summed E-state index contributed by atoms with van der Waals surface area (Å²) in [6.45, 7) is 4.02. The lowest BCUT2D eigenvalue weighted by Gasteiger charge is -2.27. The normalized spacial score (nSPS) is 11.7. The molecular formula is C13H17IN2O3. The van der Waals surface area contributed by atoms with Gasteiger partial charge in [-0.15, -0.1) is 0 Å². The summed E-state index contributed by atoms with van der Waals surface area (Å²) < 4.78 is 0.940. The van der Waals surface area contributed by atoms with Crippen molar-refractivity contribution in [3.8, 4) is 0 Å². The first-order chi connectivity index (χ1) is 8.95. The topological polar surface area (TPSA) is 69.6 Å². The third kappa shape index (κ3) is 4.70. The number of urea groups is 1. The Kier molecular flexibility index (Phi) is 6.07. The van der Waals surface area contributed by atoms with Crippen LogP contribution in [0.15, 0.2) is 24.3 Å². The maximum Gasteiger partial charge on any atom is 0.322 e. The summed E-state index contributed by atoms with van der Waals surface area (Å²) in [6.07, 6.45) is -0.0624. The molecule has 0 aliphatic rings. The molecule has 0 saturated heterocycles. The Labute approximate surface area is 126 Å². The molecule has 2 N–H and O–H groups in total. The Morgan fingerprint density at radius 3 is 2.58 bits per heavy atom. The first-order valence-corrected chi connectivity index (χ1v) is 7.07. The number of amides is 2. The third-order valence-corrected chi connectivity index (χ3v) is 3.66.